The van der Waals surface area contributed by atoms with E-state index in [0.29, 0.717) is 0 Å². The van der Waals surface area contributed by atoms with Crippen molar-refractivity contribution >= 4 is 50.9 Å². The van der Waals surface area contributed by atoms with Crippen LogP contribution in [0.15, 0.2) is 39.6 Å². The van der Waals surface area contributed by atoms with Gasteiger partial charge in [-0.3, -0.25) is 9.59 Å². The number of aromatic amines is 1. The number of aromatic carboxylic acids is 1. The lowest BCUT2D eigenvalue weighted by Crippen LogP contribution is -2.16. The molecule has 0 fully saturated rings. The normalized spacial score (nSPS) is 11.5. The summed E-state index contributed by atoms with van der Waals surface area (Å²) in [4.78, 5) is 41.8. The van der Waals surface area contributed by atoms with Crippen LogP contribution in [0.3, 0.4) is 0 Å². The van der Waals surface area contributed by atoms with E-state index < -0.39 is 29.2 Å². The lowest BCUT2D eigenvalue weighted by molar-refractivity contribution is -0.137. The van der Waals surface area contributed by atoms with Gasteiger partial charge < -0.3 is 15.4 Å². The van der Waals surface area contributed by atoms with Crippen molar-refractivity contribution in [1.29, 1.82) is 0 Å². The fourth-order valence-corrected chi connectivity index (χ4v) is 3.89. The molecule has 0 radical (unpaired) electrons. The predicted octanol–water partition coefficient (Wildman–Crippen LogP) is 3.43. The van der Waals surface area contributed by atoms with Gasteiger partial charge in [0, 0.05) is 11.1 Å². The molecule has 7 nitrogen and oxygen atoms in total. The van der Waals surface area contributed by atoms with Crippen LogP contribution in [0.25, 0.3) is 10.2 Å². The molecule has 0 bridgehead atoms. The first-order valence-corrected chi connectivity index (χ1v) is 9.36. The summed E-state index contributed by atoms with van der Waals surface area (Å²) in [5.74, 6) is -2.06. The zero-order chi connectivity index (χ0) is 20.5. The van der Waals surface area contributed by atoms with Crippen LogP contribution in [0.4, 0.5) is 18.9 Å². The third-order valence-corrected chi connectivity index (χ3v) is 5.21. The number of halogens is 3. The van der Waals surface area contributed by atoms with Crippen LogP contribution >= 0.6 is 23.1 Å². The summed E-state index contributed by atoms with van der Waals surface area (Å²) in [5.41, 5.74) is -1.71. The number of amides is 1. The maximum Gasteiger partial charge on any atom is 0.416 e. The molecule has 28 heavy (non-hydrogen) atoms. The van der Waals surface area contributed by atoms with Crippen molar-refractivity contribution in [3.05, 3.63) is 51.1 Å². The number of rotatable bonds is 5. The molecule has 0 aliphatic rings. The molecular weight excluding hydrogens is 419 g/mol. The molecule has 0 saturated carbocycles. The fourth-order valence-electron chi connectivity index (χ4n) is 2.26. The van der Waals surface area contributed by atoms with Crippen molar-refractivity contribution in [2.75, 3.05) is 11.1 Å². The number of aromatic nitrogens is 2. The second-order valence-corrected chi connectivity index (χ2v) is 7.24. The molecule has 3 rings (SSSR count). The Labute approximate surface area is 162 Å². The first-order chi connectivity index (χ1) is 13.1. The minimum absolute atomic E-state index is 0.0123. The summed E-state index contributed by atoms with van der Waals surface area (Å²) in [5, 5.41) is 12.7. The summed E-state index contributed by atoms with van der Waals surface area (Å²) in [6.07, 6.45) is -4.52. The predicted molar refractivity (Wildman–Crippen MR) is 98.0 cm³/mol. The molecule has 0 aliphatic heterocycles. The van der Waals surface area contributed by atoms with Crippen molar-refractivity contribution in [1.82, 2.24) is 9.97 Å². The van der Waals surface area contributed by atoms with E-state index in [1.54, 1.807) is 0 Å². The molecule has 1 aromatic carbocycles. The number of carboxylic acid groups (broad SMARTS) is 1. The Morgan fingerprint density at radius 3 is 2.75 bits per heavy atom. The number of fused-ring (bicyclic) bond motifs is 1. The van der Waals surface area contributed by atoms with Crippen LogP contribution in [0.2, 0.25) is 0 Å². The number of carboxylic acids is 1. The summed E-state index contributed by atoms with van der Waals surface area (Å²) < 4.78 is 38.1. The largest absolute Gasteiger partial charge is 0.478 e. The SMILES string of the molecule is O=C(CSc1nc2scc(C(=O)O)c2c(=O)[nH]1)Nc1cccc(C(F)(F)F)c1. The Bertz CT molecular complexity index is 1120. The lowest BCUT2D eigenvalue weighted by atomic mass is 10.2. The van der Waals surface area contributed by atoms with Gasteiger partial charge in [0.15, 0.2) is 5.16 Å². The molecule has 1 amide bonds. The van der Waals surface area contributed by atoms with Gasteiger partial charge in [0.2, 0.25) is 5.91 Å². The average molecular weight is 429 g/mol. The Kier molecular flexibility index (Phi) is 5.42. The second kappa shape index (κ2) is 7.64. The molecule has 2 aromatic heterocycles. The van der Waals surface area contributed by atoms with E-state index >= 15 is 0 Å². The molecule has 0 saturated heterocycles. The fraction of sp³-hybridized carbons (Fsp3) is 0.125. The topological polar surface area (TPSA) is 112 Å². The molecule has 2 heterocycles. The molecule has 12 heteroatoms. The third-order valence-electron chi connectivity index (χ3n) is 3.47. The van der Waals surface area contributed by atoms with Gasteiger partial charge in [0.05, 0.1) is 22.3 Å². The van der Waals surface area contributed by atoms with E-state index in [9.17, 15) is 27.6 Å². The van der Waals surface area contributed by atoms with E-state index in [1.165, 1.54) is 17.5 Å². The maximum absolute atomic E-state index is 12.7. The minimum Gasteiger partial charge on any atom is -0.478 e. The van der Waals surface area contributed by atoms with Gasteiger partial charge in [-0.15, -0.1) is 11.3 Å². The highest BCUT2D eigenvalue weighted by Gasteiger charge is 2.30. The monoisotopic (exact) mass is 429 g/mol. The summed E-state index contributed by atoms with van der Waals surface area (Å²) in [6, 6.07) is 4.20. The summed E-state index contributed by atoms with van der Waals surface area (Å²) in [7, 11) is 0. The van der Waals surface area contributed by atoms with Crippen LogP contribution in [-0.4, -0.2) is 32.7 Å². The maximum atomic E-state index is 12.7. The quantitative estimate of drug-likeness (QED) is 0.423. The van der Waals surface area contributed by atoms with Crippen molar-refractivity contribution in [2.24, 2.45) is 0 Å². The van der Waals surface area contributed by atoms with Crippen LogP contribution in [0, 0.1) is 0 Å². The molecule has 0 spiro atoms. The van der Waals surface area contributed by atoms with Gasteiger partial charge in [-0.25, -0.2) is 9.78 Å². The number of nitrogens with zero attached hydrogens (tertiary/aromatic N) is 1. The molecule has 3 aromatic rings. The minimum atomic E-state index is -4.52. The van der Waals surface area contributed by atoms with Crippen molar-refractivity contribution in [2.45, 2.75) is 11.3 Å². The van der Waals surface area contributed by atoms with Crippen LogP contribution in [-0.2, 0) is 11.0 Å². The molecule has 0 aliphatic carbocycles. The number of carbonyl (C=O) groups is 2. The van der Waals surface area contributed by atoms with E-state index in [4.69, 9.17) is 5.11 Å². The average Bonchev–Trinajstić information content (AvgIpc) is 3.04. The van der Waals surface area contributed by atoms with Gasteiger partial charge in [0.1, 0.15) is 4.83 Å². The van der Waals surface area contributed by atoms with Gasteiger partial charge in [-0.2, -0.15) is 13.2 Å². The van der Waals surface area contributed by atoms with E-state index in [-0.39, 0.29) is 32.4 Å². The third kappa shape index (κ3) is 4.34. The molecule has 146 valence electrons. The van der Waals surface area contributed by atoms with Crippen molar-refractivity contribution in [3.8, 4) is 0 Å². The number of thiophene rings is 1. The molecule has 0 unspecified atom stereocenters. The number of thioether (sulfide) groups is 1. The van der Waals surface area contributed by atoms with Crippen molar-refractivity contribution in [3.63, 3.8) is 0 Å². The Hall–Kier alpha value is -2.86. The number of nitrogens with one attached hydrogen (secondary N) is 2. The zero-order valence-electron chi connectivity index (χ0n) is 13.7. The standard InChI is InChI=1S/C16H10F3N3O4S2/c17-16(18,19)7-2-1-3-8(4-7)20-10(23)6-28-15-21-12(24)11-9(14(25)26)5-27-13(11)22-15/h1-5H,6H2,(H,20,23)(H,25,26)(H,21,22,24). The van der Waals surface area contributed by atoms with Crippen LogP contribution in [0.5, 0.6) is 0 Å². The van der Waals surface area contributed by atoms with Crippen molar-refractivity contribution < 1.29 is 27.9 Å². The number of alkyl halides is 3. The number of anilines is 1. The summed E-state index contributed by atoms with van der Waals surface area (Å²) >= 11 is 1.84. The zero-order valence-corrected chi connectivity index (χ0v) is 15.3. The molecule has 3 N–H and O–H groups in total. The van der Waals surface area contributed by atoms with Gasteiger partial charge in [0.25, 0.3) is 5.56 Å². The van der Waals surface area contributed by atoms with E-state index in [1.807, 2.05) is 0 Å². The second-order valence-electron chi connectivity index (χ2n) is 5.42. The van der Waals surface area contributed by atoms with E-state index in [2.05, 4.69) is 15.3 Å². The number of benzene rings is 1. The van der Waals surface area contributed by atoms with E-state index in [0.717, 1.165) is 35.2 Å². The number of hydrogen-bond acceptors (Lipinski definition) is 6. The Morgan fingerprint density at radius 2 is 2.07 bits per heavy atom. The highest BCUT2D eigenvalue weighted by atomic mass is 32.2. The first-order valence-electron chi connectivity index (χ1n) is 7.50. The van der Waals surface area contributed by atoms with Gasteiger partial charge >= 0.3 is 12.1 Å². The van der Waals surface area contributed by atoms with Gasteiger partial charge in [-0.1, -0.05) is 17.8 Å². The number of carbonyl (C=O) groups excluding carboxylic acids is 1. The lowest BCUT2D eigenvalue weighted by Gasteiger charge is -2.09. The van der Waals surface area contributed by atoms with Crippen LogP contribution < -0.4 is 10.9 Å². The highest BCUT2D eigenvalue weighted by Crippen LogP contribution is 2.30. The molecular formula is C16H10F3N3O4S2. The highest BCUT2D eigenvalue weighted by molar-refractivity contribution is 7.99. The Morgan fingerprint density at radius 1 is 1.32 bits per heavy atom. The Balaban J connectivity index is 1.70. The number of H-pyrrole nitrogens is 1. The number of hydrogen-bond donors (Lipinski definition) is 3. The summed E-state index contributed by atoms with van der Waals surface area (Å²) in [6.45, 7) is 0. The van der Waals surface area contributed by atoms with Crippen LogP contribution in [0.1, 0.15) is 15.9 Å². The molecule has 0 atom stereocenters. The smallest absolute Gasteiger partial charge is 0.416 e. The first kappa shape index (κ1) is 19.9. The van der Waals surface area contributed by atoms with Gasteiger partial charge in [-0.05, 0) is 18.2 Å².